The molecule has 0 aliphatic heterocycles. The highest BCUT2D eigenvalue weighted by Crippen LogP contribution is 2.30. The van der Waals surface area contributed by atoms with Crippen LogP contribution in [0.5, 0.6) is 0 Å². The molecule has 0 fully saturated rings. The van der Waals surface area contributed by atoms with E-state index in [1.807, 2.05) is 0 Å². The van der Waals surface area contributed by atoms with E-state index in [-0.39, 0.29) is 18.3 Å². The third-order valence-corrected chi connectivity index (χ3v) is 2.94. The monoisotopic (exact) mass is 297 g/mol. The van der Waals surface area contributed by atoms with Crippen LogP contribution in [-0.2, 0) is 6.18 Å². The van der Waals surface area contributed by atoms with Gasteiger partial charge in [0.05, 0.1) is 11.1 Å². The van der Waals surface area contributed by atoms with E-state index in [4.69, 9.17) is 11.6 Å². The van der Waals surface area contributed by atoms with Crippen LogP contribution in [0.2, 0.25) is 0 Å². The fourth-order valence-corrected chi connectivity index (χ4v) is 1.40. The summed E-state index contributed by atoms with van der Waals surface area (Å²) in [5, 5.41) is 2.34. The fourth-order valence-electron chi connectivity index (χ4n) is 1.29. The summed E-state index contributed by atoms with van der Waals surface area (Å²) < 4.78 is 50.7. The van der Waals surface area contributed by atoms with E-state index in [1.165, 1.54) is 0 Å². The molecule has 1 unspecified atom stereocenters. The summed E-state index contributed by atoms with van der Waals surface area (Å²) in [6.45, 7) is 1.91. The van der Waals surface area contributed by atoms with Crippen molar-refractivity contribution in [3.05, 3.63) is 35.1 Å². The highest BCUT2D eigenvalue weighted by Gasteiger charge is 2.31. The summed E-state index contributed by atoms with van der Waals surface area (Å²) >= 11 is 5.52. The van der Waals surface area contributed by atoms with E-state index >= 15 is 0 Å². The van der Waals surface area contributed by atoms with Crippen LogP contribution in [0.15, 0.2) is 18.2 Å². The molecule has 2 nitrogen and oxygen atoms in total. The summed E-state index contributed by atoms with van der Waals surface area (Å²) in [4.78, 5) is 11.6. The molecule has 0 aliphatic carbocycles. The number of hydrogen-bond donors (Lipinski definition) is 1. The van der Waals surface area contributed by atoms with Gasteiger partial charge in [0.1, 0.15) is 5.82 Å². The second-order valence-corrected chi connectivity index (χ2v) is 4.47. The van der Waals surface area contributed by atoms with Crippen LogP contribution in [0.4, 0.5) is 17.6 Å². The predicted octanol–water partition coefficient (Wildman–Crippen LogP) is 3.45. The number of nitrogens with one attached hydrogen (secondary N) is 1. The van der Waals surface area contributed by atoms with Gasteiger partial charge in [-0.15, -0.1) is 11.6 Å². The molecule has 1 atom stereocenters. The maximum atomic E-state index is 13.4. The van der Waals surface area contributed by atoms with Crippen molar-refractivity contribution in [1.82, 2.24) is 5.32 Å². The molecule has 106 valence electrons. The van der Waals surface area contributed by atoms with Gasteiger partial charge in [-0.3, -0.25) is 4.79 Å². The van der Waals surface area contributed by atoms with E-state index < -0.39 is 29.0 Å². The van der Waals surface area contributed by atoms with Crippen molar-refractivity contribution in [3.8, 4) is 0 Å². The summed E-state index contributed by atoms with van der Waals surface area (Å²) in [5.41, 5.74) is -1.69. The van der Waals surface area contributed by atoms with Gasteiger partial charge >= 0.3 is 6.18 Å². The first-order chi connectivity index (χ1) is 8.75. The zero-order chi connectivity index (χ0) is 14.6. The van der Waals surface area contributed by atoms with Gasteiger partial charge < -0.3 is 5.32 Å². The first-order valence-corrected chi connectivity index (χ1v) is 6.00. The number of carbonyl (C=O) groups excluding carboxylic acids is 1. The molecule has 0 aliphatic rings. The van der Waals surface area contributed by atoms with E-state index in [1.54, 1.807) is 6.92 Å². The zero-order valence-electron chi connectivity index (χ0n) is 10.0. The molecule has 1 aromatic rings. The minimum absolute atomic E-state index is 0.0560. The topological polar surface area (TPSA) is 29.1 Å². The van der Waals surface area contributed by atoms with Crippen molar-refractivity contribution in [2.45, 2.75) is 13.1 Å². The number of amides is 1. The molecule has 1 amide bonds. The normalized spacial score (nSPS) is 13.2. The molecule has 7 heteroatoms. The van der Waals surface area contributed by atoms with Crippen LogP contribution < -0.4 is 5.32 Å². The minimum Gasteiger partial charge on any atom is -0.352 e. The first kappa shape index (κ1) is 15.8. The molecule has 0 radical (unpaired) electrons. The minimum atomic E-state index is -4.62. The van der Waals surface area contributed by atoms with E-state index in [9.17, 15) is 22.4 Å². The second kappa shape index (κ2) is 6.23. The van der Waals surface area contributed by atoms with E-state index in [0.29, 0.717) is 18.2 Å². The van der Waals surface area contributed by atoms with Crippen molar-refractivity contribution in [2.24, 2.45) is 5.92 Å². The second-order valence-electron chi connectivity index (χ2n) is 4.16. The van der Waals surface area contributed by atoms with Gasteiger partial charge in [-0.2, -0.15) is 13.2 Å². The van der Waals surface area contributed by atoms with Gasteiger partial charge in [-0.1, -0.05) is 6.92 Å². The smallest absolute Gasteiger partial charge is 0.352 e. The third-order valence-electron chi connectivity index (χ3n) is 2.41. The number of alkyl halides is 4. The quantitative estimate of drug-likeness (QED) is 0.669. The Morgan fingerprint density at radius 3 is 2.58 bits per heavy atom. The summed E-state index contributed by atoms with van der Waals surface area (Å²) in [6.07, 6.45) is -4.62. The Morgan fingerprint density at radius 2 is 2.05 bits per heavy atom. The Balaban J connectivity index is 2.90. The van der Waals surface area contributed by atoms with Crippen molar-refractivity contribution >= 4 is 17.5 Å². The van der Waals surface area contributed by atoms with Crippen LogP contribution in [0.1, 0.15) is 22.8 Å². The zero-order valence-corrected chi connectivity index (χ0v) is 10.8. The Labute approximate surface area is 112 Å². The van der Waals surface area contributed by atoms with E-state index in [0.717, 1.165) is 0 Å². The number of benzene rings is 1. The van der Waals surface area contributed by atoms with Gasteiger partial charge in [0.2, 0.25) is 0 Å². The molecule has 1 aromatic carbocycles. The van der Waals surface area contributed by atoms with Crippen LogP contribution in [0, 0.1) is 11.7 Å². The van der Waals surface area contributed by atoms with Crippen LogP contribution in [0.3, 0.4) is 0 Å². The molecule has 0 aromatic heterocycles. The Morgan fingerprint density at radius 1 is 1.42 bits per heavy atom. The molecular formula is C12H12ClF4NO. The standard InChI is InChI=1S/C12H12ClF4NO/c1-7(5-13)6-18-11(19)9-4-8(12(15,16)17)2-3-10(9)14/h2-4,7H,5-6H2,1H3,(H,18,19). The molecule has 0 spiro atoms. The van der Waals surface area contributed by atoms with Gasteiger partial charge in [-0.25, -0.2) is 4.39 Å². The largest absolute Gasteiger partial charge is 0.416 e. The van der Waals surface area contributed by atoms with E-state index in [2.05, 4.69) is 5.32 Å². The first-order valence-electron chi connectivity index (χ1n) is 5.46. The molecule has 19 heavy (non-hydrogen) atoms. The number of rotatable bonds is 4. The van der Waals surface area contributed by atoms with Crippen LogP contribution in [0.25, 0.3) is 0 Å². The molecule has 0 saturated carbocycles. The average molecular weight is 298 g/mol. The number of halogens is 5. The van der Waals surface area contributed by atoms with Crippen molar-refractivity contribution in [1.29, 1.82) is 0 Å². The maximum absolute atomic E-state index is 13.4. The lowest BCUT2D eigenvalue weighted by molar-refractivity contribution is -0.137. The lowest BCUT2D eigenvalue weighted by Crippen LogP contribution is -2.29. The molecular weight excluding hydrogens is 286 g/mol. The van der Waals surface area contributed by atoms with Crippen molar-refractivity contribution < 1.29 is 22.4 Å². The molecule has 1 N–H and O–H groups in total. The van der Waals surface area contributed by atoms with Gasteiger partial charge in [0, 0.05) is 12.4 Å². The van der Waals surface area contributed by atoms with Gasteiger partial charge in [0.25, 0.3) is 5.91 Å². The summed E-state index contributed by atoms with van der Waals surface area (Å²) in [7, 11) is 0. The molecule has 0 heterocycles. The Bertz CT molecular complexity index is 462. The third kappa shape index (κ3) is 4.38. The van der Waals surface area contributed by atoms with Gasteiger partial charge in [0.15, 0.2) is 0 Å². The van der Waals surface area contributed by atoms with Crippen molar-refractivity contribution in [2.75, 3.05) is 12.4 Å². The lowest BCUT2D eigenvalue weighted by atomic mass is 10.1. The Hall–Kier alpha value is -1.30. The van der Waals surface area contributed by atoms with Gasteiger partial charge in [-0.05, 0) is 24.1 Å². The summed E-state index contributed by atoms with van der Waals surface area (Å²) in [5.74, 6) is -1.66. The van der Waals surface area contributed by atoms with Crippen LogP contribution >= 0.6 is 11.6 Å². The molecule has 1 rings (SSSR count). The number of carbonyl (C=O) groups is 1. The Kier molecular flexibility index (Phi) is 5.17. The van der Waals surface area contributed by atoms with Crippen molar-refractivity contribution in [3.63, 3.8) is 0 Å². The predicted molar refractivity (Wildman–Crippen MR) is 63.6 cm³/mol. The SMILES string of the molecule is CC(CCl)CNC(=O)c1cc(C(F)(F)F)ccc1F. The number of hydrogen-bond acceptors (Lipinski definition) is 1. The highest BCUT2D eigenvalue weighted by molar-refractivity contribution is 6.18. The maximum Gasteiger partial charge on any atom is 0.416 e. The highest BCUT2D eigenvalue weighted by atomic mass is 35.5. The van der Waals surface area contributed by atoms with Crippen LogP contribution in [-0.4, -0.2) is 18.3 Å². The lowest BCUT2D eigenvalue weighted by Gasteiger charge is -2.12. The average Bonchev–Trinajstić information content (AvgIpc) is 2.34. The molecule has 0 bridgehead atoms. The molecule has 0 saturated heterocycles. The fraction of sp³-hybridized carbons (Fsp3) is 0.417. The summed E-state index contributed by atoms with van der Waals surface area (Å²) in [6, 6.07) is 1.71.